The van der Waals surface area contributed by atoms with E-state index < -0.39 is 0 Å². The summed E-state index contributed by atoms with van der Waals surface area (Å²) in [5.41, 5.74) is 3.78. The minimum atomic E-state index is -0.273. The van der Waals surface area contributed by atoms with Crippen LogP contribution in [-0.2, 0) is 22.4 Å². The van der Waals surface area contributed by atoms with Gasteiger partial charge in [0.2, 0.25) is 11.8 Å². The van der Waals surface area contributed by atoms with Crippen molar-refractivity contribution in [3.8, 4) is 0 Å². The van der Waals surface area contributed by atoms with E-state index in [0.29, 0.717) is 12.8 Å². The van der Waals surface area contributed by atoms with Crippen LogP contribution in [0.2, 0.25) is 0 Å². The Morgan fingerprint density at radius 3 is 2.62 bits per heavy atom. The molecular weight excluding hydrogens is 331 g/mol. The van der Waals surface area contributed by atoms with Gasteiger partial charge in [-0.2, -0.15) is 0 Å². The van der Waals surface area contributed by atoms with Gasteiger partial charge >= 0.3 is 0 Å². The highest BCUT2D eigenvalue weighted by atomic mass is 19.1. The van der Waals surface area contributed by atoms with E-state index in [1.54, 1.807) is 12.1 Å². The molecule has 4 nitrogen and oxygen atoms in total. The summed E-state index contributed by atoms with van der Waals surface area (Å²) in [5, 5.41) is 2.92. The first-order valence-electron chi connectivity index (χ1n) is 9.09. The van der Waals surface area contributed by atoms with Gasteiger partial charge in [-0.25, -0.2) is 4.39 Å². The number of carbonyl (C=O) groups excluding carboxylic acids is 2. The lowest BCUT2D eigenvalue weighted by Gasteiger charge is -2.17. The zero-order chi connectivity index (χ0) is 18.1. The molecule has 1 aliphatic heterocycles. The molecule has 134 valence electrons. The van der Waals surface area contributed by atoms with Crippen LogP contribution >= 0.6 is 0 Å². The van der Waals surface area contributed by atoms with Crippen LogP contribution in [0.3, 0.4) is 0 Å². The lowest BCUT2D eigenvalue weighted by molar-refractivity contribution is -0.119. The second-order valence-corrected chi connectivity index (χ2v) is 7.03. The third-order valence-corrected chi connectivity index (χ3v) is 5.01. The maximum absolute atomic E-state index is 12.9. The summed E-state index contributed by atoms with van der Waals surface area (Å²) >= 11 is 0. The quantitative estimate of drug-likeness (QED) is 0.892. The van der Waals surface area contributed by atoms with Crippen molar-refractivity contribution in [3.05, 3.63) is 59.4 Å². The predicted molar refractivity (Wildman–Crippen MR) is 98.6 cm³/mol. The Morgan fingerprint density at radius 2 is 1.88 bits per heavy atom. The molecule has 2 aromatic rings. The highest BCUT2D eigenvalue weighted by Gasteiger charge is 2.36. The number of aryl methyl sites for hydroxylation is 1. The first-order valence-corrected chi connectivity index (χ1v) is 9.09. The first-order chi connectivity index (χ1) is 12.6. The molecule has 1 fully saturated rings. The summed E-state index contributed by atoms with van der Waals surface area (Å²) in [6, 6.07) is 12.0. The van der Waals surface area contributed by atoms with Gasteiger partial charge in [-0.15, -0.1) is 0 Å². The van der Waals surface area contributed by atoms with E-state index in [4.69, 9.17) is 0 Å². The Balaban J connectivity index is 1.36. The summed E-state index contributed by atoms with van der Waals surface area (Å²) in [5.74, 6) is 0.107. The van der Waals surface area contributed by atoms with Crippen molar-refractivity contribution < 1.29 is 14.0 Å². The average Bonchev–Trinajstić information content (AvgIpc) is 3.40. The summed E-state index contributed by atoms with van der Waals surface area (Å²) < 4.78 is 12.9. The van der Waals surface area contributed by atoms with E-state index in [9.17, 15) is 14.0 Å². The first kappa shape index (κ1) is 16.8. The Hall–Kier alpha value is -2.69. The molecule has 0 saturated heterocycles. The lowest BCUT2D eigenvalue weighted by atomic mass is 10.1. The average molecular weight is 352 g/mol. The van der Waals surface area contributed by atoms with Crippen molar-refractivity contribution >= 4 is 23.2 Å². The third kappa shape index (κ3) is 3.62. The van der Waals surface area contributed by atoms with Crippen LogP contribution in [-0.4, -0.2) is 18.4 Å². The van der Waals surface area contributed by atoms with Gasteiger partial charge in [0, 0.05) is 30.3 Å². The van der Waals surface area contributed by atoms with Crippen molar-refractivity contribution in [2.24, 2.45) is 5.92 Å². The van der Waals surface area contributed by atoms with Gasteiger partial charge in [-0.05, 0) is 67.1 Å². The Kier molecular flexibility index (Phi) is 4.45. The smallest absolute Gasteiger partial charge is 0.230 e. The number of anilines is 2. The number of carbonyl (C=O) groups is 2. The summed E-state index contributed by atoms with van der Waals surface area (Å²) in [6.45, 7) is 0.729. The lowest BCUT2D eigenvalue weighted by Crippen LogP contribution is -2.30. The monoisotopic (exact) mass is 352 g/mol. The second-order valence-electron chi connectivity index (χ2n) is 7.03. The van der Waals surface area contributed by atoms with E-state index in [0.717, 1.165) is 48.3 Å². The van der Waals surface area contributed by atoms with Crippen LogP contribution < -0.4 is 10.2 Å². The molecule has 0 spiro atoms. The molecule has 2 aliphatic rings. The molecule has 1 N–H and O–H groups in total. The topological polar surface area (TPSA) is 49.4 Å². The Morgan fingerprint density at radius 1 is 1.12 bits per heavy atom. The Labute approximate surface area is 152 Å². The number of amides is 2. The fraction of sp³-hybridized carbons (Fsp3) is 0.333. The minimum absolute atomic E-state index is 0.0711. The van der Waals surface area contributed by atoms with E-state index >= 15 is 0 Å². The molecule has 2 aromatic carbocycles. The molecule has 0 bridgehead atoms. The summed E-state index contributed by atoms with van der Waals surface area (Å²) in [6.07, 6.45) is 3.75. The molecule has 2 amide bonds. The van der Waals surface area contributed by atoms with E-state index in [-0.39, 0.29) is 23.5 Å². The number of nitrogens with zero attached hydrogens (tertiary/aromatic N) is 1. The van der Waals surface area contributed by atoms with Crippen molar-refractivity contribution in [1.29, 1.82) is 0 Å². The van der Waals surface area contributed by atoms with Crippen LogP contribution in [0.5, 0.6) is 0 Å². The highest BCUT2D eigenvalue weighted by molar-refractivity contribution is 5.99. The molecule has 0 unspecified atom stereocenters. The van der Waals surface area contributed by atoms with Crippen molar-refractivity contribution in [2.45, 2.75) is 32.1 Å². The maximum atomic E-state index is 12.9. The number of benzene rings is 2. The highest BCUT2D eigenvalue weighted by Crippen LogP contribution is 2.37. The van der Waals surface area contributed by atoms with Crippen LogP contribution in [0.15, 0.2) is 42.5 Å². The van der Waals surface area contributed by atoms with Crippen LogP contribution in [0.4, 0.5) is 15.8 Å². The number of fused-ring (bicyclic) bond motifs is 1. The van der Waals surface area contributed by atoms with Crippen LogP contribution in [0.1, 0.15) is 30.4 Å². The maximum Gasteiger partial charge on any atom is 0.230 e. The van der Waals surface area contributed by atoms with Gasteiger partial charge in [0.25, 0.3) is 0 Å². The van der Waals surface area contributed by atoms with Gasteiger partial charge in [-0.1, -0.05) is 12.1 Å². The molecule has 1 heterocycles. The van der Waals surface area contributed by atoms with Crippen LogP contribution in [0, 0.1) is 11.7 Å². The molecule has 0 aromatic heterocycles. The van der Waals surface area contributed by atoms with Gasteiger partial charge < -0.3 is 10.2 Å². The second kappa shape index (κ2) is 6.90. The fourth-order valence-electron chi connectivity index (χ4n) is 3.39. The van der Waals surface area contributed by atoms with E-state index in [1.165, 1.54) is 12.1 Å². The SMILES string of the molecule is O=C(CCc1ccc(F)cc1)Nc1ccc2c(c1)CCN2C(=O)C1CC1. The molecule has 0 atom stereocenters. The van der Waals surface area contributed by atoms with Gasteiger partial charge in [0.05, 0.1) is 0 Å². The van der Waals surface area contributed by atoms with Gasteiger partial charge in [0.15, 0.2) is 0 Å². The predicted octanol–water partition coefficient (Wildman–Crippen LogP) is 3.70. The molecule has 1 saturated carbocycles. The zero-order valence-corrected chi connectivity index (χ0v) is 14.5. The zero-order valence-electron chi connectivity index (χ0n) is 14.5. The molecule has 1 aliphatic carbocycles. The van der Waals surface area contributed by atoms with Crippen molar-refractivity contribution in [3.63, 3.8) is 0 Å². The molecule has 4 rings (SSSR count). The number of hydrogen-bond acceptors (Lipinski definition) is 2. The largest absolute Gasteiger partial charge is 0.326 e. The standard InChI is InChI=1S/C21H21FN2O2/c22-17-6-1-14(2-7-17)3-10-20(25)23-18-8-9-19-16(13-18)11-12-24(19)21(26)15-4-5-15/h1-2,6-9,13,15H,3-5,10-12H2,(H,23,25). The van der Waals surface area contributed by atoms with E-state index in [2.05, 4.69) is 5.32 Å². The molecule has 26 heavy (non-hydrogen) atoms. The van der Waals surface area contributed by atoms with E-state index in [1.807, 2.05) is 23.1 Å². The Bertz CT molecular complexity index is 844. The number of rotatable bonds is 5. The number of halogens is 1. The van der Waals surface area contributed by atoms with Gasteiger partial charge in [0.1, 0.15) is 5.82 Å². The fourth-order valence-corrected chi connectivity index (χ4v) is 3.39. The normalized spacial score (nSPS) is 15.7. The third-order valence-electron chi connectivity index (χ3n) is 5.01. The number of nitrogens with one attached hydrogen (secondary N) is 1. The van der Waals surface area contributed by atoms with Crippen molar-refractivity contribution in [2.75, 3.05) is 16.8 Å². The van der Waals surface area contributed by atoms with Crippen molar-refractivity contribution in [1.82, 2.24) is 0 Å². The summed E-state index contributed by atoms with van der Waals surface area (Å²) in [4.78, 5) is 26.4. The van der Waals surface area contributed by atoms with Crippen LogP contribution in [0.25, 0.3) is 0 Å². The minimum Gasteiger partial charge on any atom is -0.326 e. The molecular formula is C21H21FN2O2. The van der Waals surface area contributed by atoms with Gasteiger partial charge in [-0.3, -0.25) is 9.59 Å². The summed E-state index contributed by atoms with van der Waals surface area (Å²) in [7, 11) is 0. The number of hydrogen-bond donors (Lipinski definition) is 1. The molecule has 0 radical (unpaired) electrons. The molecule has 5 heteroatoms.